The molecule has 0 saturated carbocycles. The molecule has 0 bridgehead atoms. The SMILES string of the molecule is CPNCCCc1ccccc1OCC(O)COP(C)C. The molecule has 0 saturated heterocycles. The minimum absolute atomic E-state index is 0.273. The number of rotatable bonds is 11. The number of aryl methyl sites for hydroxylation is 1. The third-order valence-electron chi connectivity index (χ3n) is 2.85. The van der Waals surface area contributed by atoms with Crippen LogP contribution in [0, 0.1) is 0 Å². The van der Waals surface area contributed by atoms with Crippen molar-refractivity contribution in [1.29, 1.82) is 0 Å². The first kappa shape index (κ1) is 18.8. The molecule has 0 radical (unpaired) electrons. The molecule has 0 aliphatic heterocycles. The molecular formula is C15H27NO3P2. The number of benzene rings is 1. The highest BCUT2D eigenvalue weighted by Crippen LogP contribution is 2.26. The molecule has 1 rings (SSSR count). The Kier molecular flexibility index (Phi) is 10.2. The van der Waals surface area contributed by atoms with Crippen LogP contribution in [0.4, 0.5) is 0 Å². The van der Waals surface area contributed by atoms with E-state index in [1.54, 1.807) is 0 Å². The van der Waals surface area contributed by atoms with E-state index in [1.165, 1.54) is 5.56 Å². The predicted molar refractivity (Wildman–Crippen MR) is 93.2 cm³/mol. The Hall–Kier alpha value is -0.240. The van der Waals surface area contributed by atoms with Crippen LogP contribution in [0.5, 0.6) is 5.75 Å². The minimum Gasteiger partial charge on any atom is -0.491 e. The van der Waals surface area contributed by atoms with Gasteiger partial charge < -0.3 is 14.4 Å². The fourth-order valence-electron chi connectivity index (χ4n) is 1.81. The summed E-state index contributed by atoms with van der Waals surface area (Å²) in [5, 5.41) is 13.2. The van der Waals surface area contributed by atoms with Gasteiger partial charge in [0.25, 0.3) is 0 Å². The highest BCUT2D eigenvalue weighted by atomic mass is 31.1. The third kappa shape index (κ3) is 8.70. The second-order valence-electron chi connectivity index (χ2n) is 4.96. The molecule has 0 aliphatic rings. The van der Waals surface area contributed by atoms with Crippen molar-refractivity contribution in [3.05, 3.63) is 29.8 Å². The minimum atomic E-state index is -0.578. The summed E-state index contributed by atoms with van der Waals surface area (Å²) in [6.45, 7) is 7.80. The van der Waals surface area contributed by atoms with Crippen molar-refractivity contribution in [3.8, 4) is 5.75 Å². The van der Waals surface area contributed by atoms with Gasteiger partial charge in [0.1, 0.15) is 18.5 Å². The largest absolute Gasteiger partial charge is 0.491 e. The van der Waals surface area contributed by atoms with E-state index in [4.69, 9.17) is 9.26 Å². The zero-order valence-electron chi connectivity index (χ0n) is 13.1. The summed E-state index contributed by atoms with van der Waals surface area (Å²) in [6.07, 6.45) is 1.49. The maximum atomic E-state index is 9.85. The van der Waals surface area contributed by atoms with E-state index in [9.17, 15) is 5.11 Å². The Morgan fingerprint density at radius 1 is 1.29 bits per heavy atom. The van der Waals surface area contributed by atoms with Gasteiger partial charge >= 0.3 is 0 Å². The van der Waals surface area contributed by atoms with Crippen LogP contribution in [0.15, 0.2) is 24.3 Å². The number of para-hydroxylation sites is 1. The highest BCUT2D eigenvalue weighted by molar-refractivity contribution is 7.50. The van der Waals surface area contributed by atoms with Crippen LogP contribution >= 0.6 is 16.9 Å². The van der Waals surface area contributed by atoms with E-state index in [1.807, 2.05) is 31.5 Å². The van der Waals surface area contributed by atoms with E-state index in [-0.39, 0.29) is 6.61 Å². The Balaban J connectivity index is 2.39. The smallest absolute Gasteiger partial charge is 0.122 e. The Morgan fingerprint density at radius 2 is 2.05 bits per heavy atom. The molecule has 0 fully saturated rings. The van der Waals surface area contributed by atoms with Crippen molar-refractivity contribution in [2.45, 2.75) is 18.9 Å². The van der Waals surface area contributed by atoms with E-state index < -0.39 is 14.3 Å². The summed E-state index contributed by atoms with van der Waals surface area (Å²) in [6, 6.07) is 8.04. The van der Waals surface area contributed by atoms with Crippen molar-refractivity contribution in [3.63, 3.8) is 0 Å². The maximum absolute atomic E-state index is 9.85. The van der Waals surface area contributed by atoms with Crippen molar-refractivity contribution < 1.29 is 14.4 Å². The zero-order chi connectivity index (χ0) is 15.5. The van der Waals surface area contributed by atoms with E-state index in [0.717, 1.165) is 33.9 Å². The summed E-state index contributed by atoms with van der Waals surface area (Å²) < 4.78 is 11.2. The number of nitrogens with one attached hydrogen (secondary N) is 1. The van der Waals surface area contributed by atoms with Gasteiger partial charge in [-0.25, -0.2) is 0 Å². The summed E-state index contributed by atoms with van der Waals surface area (Å²) in [7, 11) is 0.352. The van der Waals surface area contributed by atoms with Crippen LogP contribution in [-0.2, 0) is 10.9 Å². The Labute approximate surface area is 131 Å². The molecule has 0 aromatic heterocycles. The summed E-state index contributed by atoms with van der Waals surface area (Å²) in [5.41, 5.74) is 1.19. The molecule has 0 amide bonds. The van der Waals surface area contributed by atoms with Crippen molar-refractivity contribution in [2.24, 2.45) is 0 Å². The first-order valence-corrected chi connectivity index (χ1v) is 10.9. The topological polar surface area (TPSA) is 50.7 Å². The van der Waals surface area contributed by atoms with E-state index in [2.05, 4.69) is 17.8 Å². The molecule has 120 valence electrons. The van der Waals surface area contributed by atoms with Crippen molar-refractivity contribution in [1.82, 2.24) is 5.09 Å². The molecule has 21 heavy (non-hydrogen) atoms. The van der Waals surface area contributed by atoms with Gasteiger partial charge in [0.15, 0.2) is 0 Å². The molecule has 2 N–H and O–H groups in total. The molecule has 0 aliphatic carbocycles. The molecule has 6 heteroatoms. The van der Waals surface area contributed by atoms with Gasteiger partial charge in [-0.2, -0.15) is 0 Å². The molecule has 0 spiro atoms. The highest BCUT2D eigenvalue weighted by Gasteiger charge is 2.09. The van der Waals surface area contributed by atoms with Crippen molar-refractivity contribution in [2.75, 3.05) is 39.8 Å². The van der Waals surface area contributed by atoms with Crippen LogP contribution in [-0.4, -0.2) is 51.0 Å². The third-order valence-corrected chi connectivity index (χ3v) is 4.12. The normalized spacial score (nSPS) is 13.2. The summed E-state index contributed by atoms with van der Waals surface area (Å²) in [5.74, 6) is 0.866. The van der Waals surface area contributed by atoms with E-state index in [0.29, 0.717) is 6.61 Å². The summed E-state index contributed by atoms with van der Waals surface area (Å²) >= 11 is 0. The van der Waals surface area contributed by atoms with E-state index >= 15 is 0 Å². The lowest BCUT2D eigenvalue weighted by molar-refractivity contribution is 0.0669. The predicted octanol–water partition coefficient (Wildman–Crippen LogP) is 2.84. The number of hydrogen-bond donors (Lipinski definition) is 2. The van der Waals surface area contributed by atoms with Crippen LogP contribution in [0.25, 0.3) is 0 Å². The molecule has 0 heterocycles. The van der Waals surface area contributed by atoms with Gasteiger partial charge in [0, 0.05) is 8.15 Å². The van der Waals surface area contributed by atoms with Crippen LogP contribution < -0.4 is 9.82 Å². The van der Waals surface area contributed by atoms with Crippen LogP contribution in [0.2, 0.25) is 0 Å². The fourth-order valence-corrected chi connectivity index (χ4v) is 2.71. The fraction of sp³-hybridized carbons (Fsp3) is 0.600. The maximum Gasteiger partial charge on any atom is 0.122 e. The number of aliphatic hydroxyl groups is 1. The average Bonchev–Trinajstić information content (AvgIpc) is 2.48. The first-order chi connectivity index (χ1) is 10.1. The lowest BCUT2D eigenvalue weighted by Crippen LogP contribution is -2.22. The number of aliphatic hydroxyl groups excluding tert-OH is 1. The second kappa shape index (κ2) is 11.3. The Bertz CT molecular complexity index is 391. The number of hydrogen-bond acceptors (Lipinski definition) is 4. The quantitative estimate of drug-likeness (QED) is 0.484. The summed E-state index contributed by atoms with van der Waals surface area (Å²) in [4.78, 5) is 0. The van der Waals surface area contributed by atoms with Gasteiger partial charge in [-0.1, -0.05) is 26.9 Å². The zero-order valence-corrected chi connectivity index (χ0v) is 15.0. The lowest BCUT2D eigenvalue weighted by Gasteiger charge is -2.16. The van der Waals surface area contributed by atoms with Crippen LogP contribution in [0.1, 0.15) is 12.0 Å². The van der Waals surface area contributed by atoms with Gasteiger partial charge in [-0.05, 0) is 51.0 Å². The lowest BCUT2D eigenvalue weighted by atomic mass is 10.1. The molecule has 2 atom stereocenters. The Morgan fingerprint density at radius 3 is 2.76 bits per heavy atom. The molecule has 2 unspecified atom stereocenters. The number of ether oxygens (including phenoxy) is 1. The monoisotopic (exact) mass is 331 g/mol. The van der Waals surface area contributed by atoms with Gasteiger partial charge in [0.05, 0.1) is 6.61 Å². The molecule has 4 nitrogen and oxygen atoms in total. The molecular weight excluding hydrogens is 304 g/mol. The second-order valence-corrected chi connectivity index (χ2v) is 7.70. The first-order valence-electron chi connectivity index (χ1n) is 7.22. The van der Waals surface area contributed by atoms with Gasteiger partial charge in [0.2, 0.25) is 0 Å². The van der Waals surface area contributed by atoms with Gasteiger partial charge in [-0.15, -0.1) is 0 Å². The standard InChI is InChI=1S/C15H27NO3P2/c1-20-16-10-6-8-13-7-4-5-9-15(13)18-11-14(17)12-19-21(2)3/h4-5,7,9,14,16-17,20H,6,8,10-12H2,1-3H3. The molecule has 1 aromatic rings. The van der Waals surface area contributed by atoms with Gasteiger partial charge in [-0.3, -0.25) is 5.09 Å². The van der Waals surface area contributed by atoms with Crippen molar-refractivity contribution >= 4 is 16.9 Å². The average molecular weight is 331 g/mol. The molecule has 1 aromatic carbocycles. The van der Waals surface area contributed by atoms with Crippen LogP contribution in [0.3, 0.4) is 0 Å².